The molecule has 1 aromatic heterocycles. The fourth-order valence-corrected chi connectivity index (χ4v) is 1.69. The van der Waals surface area contributed by atoms with Gasteiger partial charge in [-0.25, -0.2) is 9.97 Å². The maximum atomic E-state index is 10.7. The van der Waals surface area contributed by atoms with Crippen LogP contribution in [0, 0.1) is 13.8 Å². The Morgan fingerprint density at radius 1 is 1.37 bits per heavy atom. The molecule has 0 amide bonds. The lowest BCUT2D eigenvalue weighted by Gasteiger charge is -2.08. The van der Waals surface area contributed by atoms with E-state index in [0.29, 0.717) is 22.9 Å². The molecule has 5 heteroatoms. The molecule has 0 saturated heterocycles. The maximum absolute atomic E-state index is 10.7. The minimum atomic E-state index is -0.869. The Kier molecular flexibility index (Phi) is 3.75. The van der Waals surface area contributed by atoms with Gasteiger partial charge < -0.3 is 9.84 Å². The summed E-state index contributed by atoms with van der Waals surface area (Å²) < 4.78 is 5.67. The second-order valence-electron chi connectivity index (χ2n) is 4.19. The summed E-state index contributed by atoms with van der Waals surface area (Å²) in [7, 11) is 0. The normalized spacial score (nSPS) is 10.2. The number of aryl methyl sites for hydroxylation is 2. The minimum absolute atomic E-state index is 0.0272. The predicted molar refractivity (Wildman–Crippen MR) is 69.4 cm³/mol. The number of nitrogens with zero attached hydrogens (tertiary/aromatic N) is 2. The SMILES string of the molecule is Cc1ncc(Oc2cccc(CC(=O)O)c2)c(C)n1. The van der Waals surface area contributed by atoms with E-state index in [0.717, 1.165) is 5.69 Å². The molecular formula is C14H14N2O3. The van der Waals surface area contributed by atoms with Crippen molar-refractivity contribution in [3.8, 4) is 11.5 Å². The third-order valence-electron chi connectivity index (χ3n) is 2.54. The molecule has 0 spiro atoms. The van der Waals surface area contributed by atoms with Crippen molar-refractivity contribution in [3.05, 3.63) is 47.5 Å². The monoisotopic (exact) mass is 258 g/mol. The van der Waals surface area contributed by atoms with Crippen molar-refractivity contribution in [3.63, 3.8) is 0 Å². The first kappa shape index (κ1) is 13.0. The van der Waals surface area contributed by atoms with Crippen LogP contribution in [0.5, 0.6) is 11.5 Å². The average molecular weight is 258 g/mol. The van der Waals surface area contributed by atoms with Crippen LogP contribution in [-0.4, -0.2) is 21.0 Å². The van der Waals surface area contributed by atoms with Crippen molar-refractivity contribution in [2.45, 2.75) is 20.3 Å². The summed E-state index contributed by atoms with van der Waals surface area (Å²) >= 11 is 0. The van der Waals surface area contributed by atoms with Crippen molar-refractivity contribution >= 4 is 5.97 Å². The first-order chi connectivity index (χ1) is 9.04. The quantitative estimate of drug-likeness (QED) is 0.912. The van der Waals surface area contributed by atoms with Crippen molar-refractivity contribution in [2.75, 3.05) is 0 Å². The number of ether oxygens (including phenoxy) is 1. The molecule has 1 N–H and O–H groups in total. The molecule has 0 atom stereocenters. The number of carbonyl (C=O) groups is 1. The number of rotatable bonds is 4. The molecule has 0 unspecified atom stereocenters. The summed E-state index contributed by atoms with van der Waals surface area (Å²) in [5.41, 5.74) is 1.44. The first-order valence-corrected chi connectivity index (χ1v) is 5.83. The van der Waals surface area contributed by atoms with Gasteiger partial charge in [0.1, 0.15) is 11.6 Å². The minimum Gasteiger partial charge on any atom is -0.481 e. The summed E-state index contributed by atoms with van der Waals surface area (Å²) in [5, 5.41) is 8.76. The average Bonchev–Trinajstić information content (AvgIpc) is 2.32. The van der Waals surface area contributed by atoms with Crippen LogP contribution in [0.2, 0.25) is 0 Å². The smallest absolute Gasteiger partial charge is 0.307 e. The number of aliphatic carboxylic acids is 1. The molecule has 0 aliphatic carbocycles. The molecule has 0 fully saturated rings. The molecule has 5 nitrogen and oxygen atoms in total. The van der Waals surface area contributed by atoms with E-state index in [-0.39, 0.29) is 6.42 Å². The summed E-state index contributed by atoms with van der Waals surface area (Å²) in [5.74, 6) is 0.962. The third-order valence-corrected chi connectivity index (χ3v) is 2.54. The molecule has 1 aromatic carbocycles. The van der Waals surface area contributed by atoms with Gasteiger partial charge in [-0.2, -0.15) is 0 Å². The van der Waals surface area contributed by atoms with Gasteiger partial charge >= 0.3 is 5.97 Å². The lowest BCUT2D eigenvalue weighted by molar-refractivity contribution is -0.136. The third kappa shape index (κ3) is 3.51. The highest BCUT2D eigenvalue weighted by molar-refractivity contribution is 5.70. The number of hydrogen-bond acceptors (Lipinski definition) is 4. The van der Waals surface area contributed by atoms with Crippen molar-refractivity contribution < 1.29 is 14.6 Å². The Hall–Kier alpha value is -2.43. The Morgan fingerprint density at radius 3 is 2.84 bits per heavy atom. The standard InChI is InChI=1S/C14H14N2O3/c1-9-13(8-15-10(2)16-9)19-12-5-3-4-11(6-12)7-14(17)18/h3-6,8H,7H2,1-2H3,(H,17,18). The van der Waals surface area contributed by atoms with Crippen LogP contribution in [0.25, 0.3) is 0 Å². The molecule has 19 heavy (non-hydrogen) atoms. The Labute approximate surface area is 110 Å². The van der Waals surface area contributed by atoms with Gasteiger partial charge in [-0.05, 0) is 31.5 Å². The van der Waals surface area contributed by atoms with Crippen molar-refractivity contribution in [1.29, 1.82) is 0 Å². The first-order valence-electron chi connectivity index (χ1n) is 5.83. The van der Waals surface area contributed by atoms with E-state index in [1.54, 1.807) is 30.5 Å². The van der Waals surface area contributed by atoms with E-state index in [4.69, 9.17) is 9.84 Å². The van der Waals surface area contributed by atoms with Crippen LogP contribution < -0.4 is 4.74 Å². The van der Waals surface area contributed by atoms with Crippen molar-refractivity contribution in [1.82, 2.24) is 9.97 Å². The van der Waals surface area contributed by atoms with E-state index in [9.17, 15) is 4.79 Å². The summed E-state index contributed by atoms with van der Waals surface area (Å²) in [4.78, 5) is 19.0. The Morgan fingerprint density at radius 2 is 2.16 bits per heavy atom. The molecular weight excluding hydrogens is 244 g/mol. The van der Waals surface area contributed by atoms with Gasteiger partial charge in [0.15, 0.2) is 5.75 Å². The summed E-state index contributed by atoms with van der Waals surface area (Å²) in [6.45, 7) is 3.65. The lowest BCUT2D eigenvalue weighted by atomic mass is 10.1. The number of benzene rings is 1. The van der Waals surface area contributed by atoms with Crippen LogP contribution >= 0.6 is 0 Å². The molecule has 0 saturated carbocycles. The van der Waals surface area contributed by atoms with Gasteiger partial charge in [-0.1, -0.05) is 12.1 Å². The zero-order chi connectivity index (χ0) is 13.8. The molecule has 0 aliphatic heterocycles. The van der Waals surface area contributed by atoms with Gasteiger partial charge in [-0.15, -0.1) is 0 Å². The van der Waals surface area contributed by atoms with Crippen LogP contribution in [0.15, 0.2) is 30.5 Å². The maximum Gasteiger partial charge on any atom is 0.307 e. The summed E-state index contributed by atoms with van der Waals surface area (Å²) in [6.07, 6.45) is 1.59. The Bertz CT molecular complexity index is 611. The van der Waals surface area contributed by atoms with Gasteiger partial charge in [-0.3, -0.25) is 4.79 Å². The van der Waals surface area contributed by atoms with Gasteiger partial charge in [0, 0.05) is 0 Å². The zero-order valence-corrected chi connectivity index (χ0v) is 10.8. The van der Waals surface area contributed by atoms with Gasteiger partial charge in [0.2, 0.25) is 0 Å². The molecule has 0 bridgehead atoms. The number of carboxylic acid groups (broad SMARTS) is 1. The van der Waals surface area contributed by atoms with Crippen LogP contribution in [-0.2, 0) is 11.2 Å². The van der Waals surface area contributed by atoms with Gasteiger partial charge in [0.05, 0.1) is 18.3 Å². The highest BCUT2D eigenvalue weighted by Crippen LogP contribution is 2.23. The van der Waals surface area contributed by atoms with Gasteiger partial charge in [0.25, 0.3) is 0 Å². The van der Waals surface area contributed by atoms with E-state index in [1.807, 2.05) is 13.8 Å². The Balaban J connectivity index is 2.21. The topological polar surface area (TPSA) is 72.3 Å². The number of aromatic nitrogens is 2. The molecule has 2 aromatic rings. The van der Waals surface area contributed by atoms with Crippen LogP contribution in [0.3, 0.4) is 0 Å². The largest absolute Gasteiger partial charge is 0.481 e. The van der Waals surface area contributed by atoms with E-state index in [2.05, 4.69) is 9.97 Å². The molecule has 98 valence electrons. The zero-order valence-electron chi connectivity index (χ0n) is 10.8. The summed E-state index contributed by atoms with van der Waals surface area (Å²) in [6, 6.07) is 6.98. The number of carboxylic acids is 1. The number of hydrogen-bond donors (Lipinski definition) is 1. The molecule has 1 heterocycles. The molecule has 0 aliphatic rings. The van der Waals surface area contributed by atoms with Crippen LogP contribution in [0.4, 0.5) is 0 Å². The molecule has 2 rings (SSSR count). The predicted octanol–water partition coefficient (Wildman–Crippen LogP) is 2.51. The molecule has 0 radical (unpaired) electrons. The fourth-order valence-electron chi connectivity index (χ4n) is 1.69. The second-order valence-corrected chi connectivity index (χ2v) is 4.19. The van der Waals surface area contributed by atoms with Crippen molar-refractivity contribution in [2.24, 2.45) is 0 Å². The van der Waals surface area contributed by atoms with Crippen LogP contribution in [0.1, 0.15) is 17.1 Å². The fraction of sp³-hybridized carbons (Fsp3) is 0.214. The highest BCUT2D eigenvalue weighted by atomic mass is 16.5. The van der Waals surface area contributed by atoms with E-state index < -0.39 is 5.97 Å². The second kappa shape index (κ2) is 5.48. The van der Waals surface area contributed by atoms with E-state index >= 15 is 0 Å². The highest BCUT2D eigenvalue weighted by Gasteiger charge is 2.06. The van der Waals surface area contributed by atoms with E-state index in [1.165, 1.54) is 0 Å². The lowest BCUT2D eigenvalue weighted by Crippen LogP contribution is -2.00.